The third kappa shape index (κ3) is 24.2. The highest BCUT2D eigenvalue weighted by atomic mass is 32.1. The van der Waals surface area contributed by atoms with Gasteiger partial charge in [0, 0.05) is 53.2 Å². The fraction of sp³-hybridized carbons (Fsp3) is 0.659. The maximum absolute atomic E-state index is 13.4. The van der Waals surface area contributed by atoms with Crippen LogP contribution in [0.3, 0.4) is 0 Å². The zero-order valence-corrected chi connectivity index (χ0v) is 69.1. The first-order valence-electron chi connectivity index (χ1n) is 37.9. The molecule has 2 aliphatic carbocycles. The molecule has 0 saturated heterocycles. The molecule has 3 aliphatic heterocycles. The molecule has 104 heavy (non-hydrogen) atoms. The number of carbonyl (C=O) groups is 6. The van der Waals surface area contributed by atoms with E-state index < -0.39 is 82.8 Å². The van der Waals surface area contributed by atoms with Gasteiger partial charge in [-0.1, -0.05) is 144 Å². The van der Waals surface area contributed by atoms with Gasteiger partial charge in [-0.15, -0.1) is 34.0 Å². The lowest BCUT2D eigenvalue weighted by atomic mass is 9.70. The van der Waals surface area contributed by atoms with Crippen molar-refractivity contribution in [2.75, 3.05) is 0 Å². The maximum Gasteiger partial charge on any atom is 0.309 e. The lowest BCUT2D eigenvalue weighted by Crippen LogP contribution is -2.45. The number of ether oxygens (including phenoxy) is 3. The molecule has 2 fully saturated rings. The average Bonchev–Trinajstić information content (AvgIpc) is 1.57. The number of allylic oxidation sites excluding steroid dienone is 5. The van der Waals surface area contributed by atoms with Gasteiger partial charge in [0.1, 0.15) is 35.7 Å². The molecule has 5 aliphatic rings. The number of esters is 3. The number of ketones is 3. The van der Waals surface area contributed by atoms with Gasteiger partial charge in [0.2, 0.25) is 0 Å². The number of Topliss-reactive ketones (excluding diaryl/α,β-unsaturated/α-hetero) is 3. The van der Waals surface area contributed by atoms with Gasteiger partial charge in [-0.05, 0) is 183 Å². The zero-order valence-electron chi connectivity index (χ0n) is 66.6. The van der Waals surface area contributed by atoms with Crippen molar-refractivity contribution < 1.29 is 63.4 Å². The highest BCUT2D eigenvalue weighted by Crippen LogP contribution is 2.51. The smallest absolute Gasteiger partial charge is 0.309 e. The molecule has 16 nitrogen and oxygen atoms in total. The van der Waals surface area contributed by atoms with Gasteiger partial charge in [0.15, 0.2) is 0 Å². The van der Waals surface area contributed by atoms with Crippen LogP contribution in [0.15, 0.2) is 80.0 Å². The Bertz CT molecular complexity index is 3530. The lowest BCUT2D eigenvalue weighted by molar-refractivity contribution is -0.155. The second-order valence-corrected chi connectivity index (χ2v) is 36.5. The number of rotatable bonds is 6. The second kappa shape index (κ2) is 37.9. The molecule has 8 rings (SSSR count). The van der Waals surface area contributed by atoms with Gasteiger partial charge >= 0.3 is 17.9 Å². The minimum absolute atomic E-state index is 0.0131. The van der Waals surface area contributed by atoms with E-state index in [1.54, 1.807) is 82.5 Å². The largest absolute Gasteiger partial charge is 0.457 e. The molecule has 576 valence electrons. The quantitative estimate of drug-likeness (QED) is 0.102. The molecular formula is C85H125N3O13S3. The van der Waals surface area contributed by atoms with Crippen LogP contribution in [0.4, 0.5) is 0 Å². The number of hydrogen-bond donors (Lipinski definition) is 4. The number of cyclic esters (lactones) is 3. The summed E-state index contributed by atoms with van der Waals surface area (Å²) in [7, 11) is 0. The van der Waals surface area contributed by atoms with E-state index in [0.717, 1.165) is 80.1 Å². The number of aliphatic hydroxyl groups is 4. The van der Waals surface area contributed by atoms with Crippen LogP contribution in [0.1, 0.15) is 241 Å². The van der Waals surface area contributed by atoms with E-state index in [-0.39, 0.29) is 66.2 Å². The van der Waals surface area contributed by atoms with Crippen LogP contribution in [0.5, 0.6) is 0 Å². The molecule has 4 N–H and O–H groups in total. The molecule has 3 aromatic heterocycles. The van der Waals surface area contributed by atoms with E-state index in [0.29, 0.717) is 54.8 Å². The normalized spacial score (nSPS) is 35.3. The van der Waals surface area contributed by atoms with E-state index in [9.17, 15) is 49.2 Å². The van der Waals surface area contributed by atoms with Crippen LogP contribution >= 0.6 is 34.0 Å². The summed E-state index contributed by atoms with van der Waals surface area (Å²) in [4.78, 5) is 92.2. The minimum atomic E-state index is -1.21. The van der Waals surface area contributed by atoms with Crippen molar-refractivity contribution in [3.8, 4) is 0 Å². The topological polar surface area (TPSA) is 250 Å². The molecule has 0 radical (unpaired) electrons. The van der Waals surface area contributed by atoms with Gasteiger partial charge in [-0.3, -0.25) is 28.8 Å². The molecule has 0 amide bonds. The number of nitrogens with zero attached hydrogens (tertiary/aromatic N) is 3. The molecule has 4 unspecified atom stereocenters. The molecule has 0 aromatic carbocycles. The standard InChI is InChI=1S/C29H43NO4S.C28H41NO5S.C28H41NO4S/c1-16-9-10-25(18(3)12-23-15-35-21(6)30-23)34-27(32)14-26(31)29(7,8)28(33)20(5)19(4)17(2)11-22-13-24(16)22;1-15-8-9-23(16(2)11-21-14-35-19(5)29-21)34-25(31)13-24(30)28(6,7)27(33)18(4)26(32)17(3)10-20-12-22(15)20;1-17-10-9-11-18(2)20(4)21(5)27(32)28(7,8)25(30)15-26(31)33-24(13-12-17)19(3)14-23-16-34-22(6)29-23/h9,12,15,17,19-20,22,24-26,31H,10-11,13-14H2,1-8H3;8,11,14,17-18,20,22-24,26,30,32H,9-10,12-13H2,1-7H3;9-10,12,14,16,18,20-21,24-25,30H,11,13,15H2,1-8H3/b16-9-,18-12+;15-8-,16-11+;10-9+,17-12-,19-14+/t17-,19-,20+,22?,24?,25-,26-;17-,18+,20?,22?,23-,24-,26-;18-,20-,21+,24-,25-/m000/s1. The van der Waals surface area contributed by atoms with Gasteiger partial charge < -0.3 is 34.6 Å². The van der Waals surface area contributed by atoms with Crippen molar-refractivity contribution in [2.24, 2.45) is 87.3 Å². The SMILES string of the molecule is C/C1=C/C[C@@H](/C(C)=C/c2csc(C)n2)OC(=O)C[C@H](O)C(C)(C)C(=O)[C@H](C)[C@@H](C)[C@@H](C)CC2CC12.C/C1=C/C[C@@H](/C(C)=C/c2csc(C)n2)OC(=O)C[C@H](O)C(C)(C)C(=O)[C@H](C)[C@@H](O)[C@@H](C)CC2CC12.CC1=C/C[C@@H](/C(C)=C/c2csc(C)n2)OC(=O)C[C@H](O)C(C)(C)C(=O)[C@H](C)[C@@H](C)[C@@H](C)C\C=C\1. The number of thiazole rings is 3. The van der Waals surface area contributed by atoms with Crippen molar-refractivity contribution >= 4 is 87.5 Å². The van der Waals surface area contributed by atoms with E-state index in [1.807, 2.05) is 104 Å². The van der Waals surface area contributed by atoms with Crippen molar-refractivity contribution in [1.29, 1.82) is 0 Å². The zero-order chi connectivity index (χ0) is 77.8. The van der Waals surface area contributed by atoms with Gasteiger partial charge in [0.25, 0.3) is 0 Å². The number of hydrogen-bond acceptors (Lipinski definition) is 19. The molecule has 2 saturated carbocycles. The summed E-state index contributed by atoms with van der Waals surface area (Å²) in [5.74, 6) is 0.402. The molecular weight excluding hydrogens is 1370 g/mol. The van der Waals surface area contributed by atoms with Crippen LogP contribution in [-0.4, -0.2) is 113 Å². The van der Waals surface area contributed by atoms with Crippen LogP contribution < -0.4 is 0 Å². The fourth-order valence-corrected chi connectivity index (χ4v) is 16.6. The summed E-state index contributed by atoms with van der Waals surface area (Å²) in [5, 5.41) is 52.5. The summed E-state index contributed by atoms with van der Waals surface area (Å²) in [5.41, 5.74) is 5.68. The van der Waals surface area contributed by atoms with Crippen LogP contribution in [0.25, 0.3) is 18.2 Å². The summed E-state index contributed by atoms with van der Waals surface area (Å²) in [6.07, 6.45) is 17.0. The van der Waals surface area contributed by atoms with Crippen molar-refractivity contribution in [3.63, 3.8) is 0 Å². The first-order chi connectivity index (χ1) is 48.4. The summed E-state index contributed by atoms with van der Waals surface area (Å²) in [6, 6.07) is 0. The Morgan fingerprint density at radius 3 is 1.10 bits per heavy atom. The third-order valence-corrected chi connectivity index (χ3v) is 26.2. The van der Waals surface area contributed by atoms with E-state index in [2.05, 4.69) is 86.9 Å². The van der Waals surface area contributed by atoms with E-state index in [4.69, 9.17) is 14.2 Å². The number of carbonyl (C=O) groups excluding carboxylic acids is 6. The Labute approximate surface area is 634 Å². The number of aryl methyl sites for hydroxylation is 3. The molecule has 3 aromatic rings. The number of aromatic nitrogens is 3. The van der Waals surface area contributed by atoms with Gasteiger partial charge in [-0.2, -0.15) is 0 Å². The average molecular weight is 1490 g/mol. The Morgan fingerprint density at radius 2 is 0.760 bits per heavy atom. The van der Waals surface area contributed by atoms with Crippen LogP contribution in [-0.2, 0) is 43.0 Å². The summed E-state index contributed by atoms with van der Waals surface area (Å²) < 4.78 is 17.6. The molecule has 19 atom stereocenters. The Kier molecular flexibility index (Phi) is 31.8. The molecule has 0 bridgehead atoms. The van der Waals surface area contributed by atoms with E-state index in [1.165, 1.54) is 17.6 Å². The monoisotopic (exact) mass is 1490 g/mol. The molecule has 0 spiro atoms. The summed E-state index contributed by atoms with van der Waals surface area (Å²) in [6.45, 7) is 44.5. The first-order valence-corrected chi connectivity index (χ1v) is 40.5. The van der Waals surface area contributed by atoms with Crippen molar-refractivity contribution in [1.82, 2.24) is 15.0 Å². The predicted molar refractivity (Wildman–Crippen MR) is 420 cm³/mol. The number of fused-ring (bicyclic) bond motifs is 2. The van der Waals surface area contributed by atoms with E-state index >= 15 is 0 Å². The minimum Gasteiger partial charge on any atom is -0.457 e. The lowest BCUT2D eigenvalue weighted by Gasteiger charge is -2.35. The highest BCUT2D eigenvalue weighted by molar-refractivity contribution is 7.10. The maximum atomic E-state index is 13.4. The summed E-state index contributed by atoms with van der Waals surface area (Å²) >= 11 is 4.73. The van der Waals surface area contributed by atoms with Gasteiger partial charge in [-0.25, -0.2) is 15.0 Å². The third-order valence-electron chi connectivity index (χ3n) is 23.8. The Hall–Kier alpha value is -5.67. The fourth-order valence-electron chi connectivity index (χ4n) is 14.9. The first kappa shape index (κ1) is 87.2. The highest BCUT2D eigenvalue weighted by Gasteiger charge is 2.48. The van der Waals surface area contributed by atoms with Crippen molar-refractivity contribution in [2.45, 2.75) is 273 Å². The predicted octanol–water partition coefficient (Wildman–Crippen LogP) is 17.8. The molecule has 19 heteroatoms. The Balaban J connectivity index is 0.000000245. The molecule has 6 heterocycles. The number of aliphatic hydroxyl groups excluding tert-OH is 4. The second-order valence-electron chi connectivity index (χ2n) is 33.3. The van der Waals surface area contributed by atoms with Crippen molar-refractivity contribution in [3.05, 3.63) is 112 Å². The van der Waals surface area contributed by atoms with Crippen LogP contribution in [0.2, 0.25) is 0 Å². The van der Waals surface area contributed by atoms with Gasteiger partial charge in [0.05, 0.1) is 92.0 Å². The van der Waals surface area contributed by atoms with Crippen LogP contribution in [0, 0.1) is 108 Å². The Morgan fingerprint density at radius 1 is 0.442 bits per heavy atom.